The first-order valence-corrected chi connectivity index (χ1v) is 19.5. The van der Waals surface area contributed by atoms with Crippen LogP contribution < -0.4 is 4.90 Å². The van der Waals surface area contributed by atoms with Crippen molar-refractivity contribution in [1.82, 2.24) is 0 Å². The van der Waals surface area contributed by atoms with Gasteiger partial charge in [0.05, 0.1) is 0 Å². The number of rotatable bonds is 4. The van der Waals surface area contributed by atoms with Gasteiger partial charge in [0, 0.05) is 50.2 Å². The van der Waals surface area contributed by atoms with Gasteiger partial charge >= 0.3 is 0 Å². The van der Waals surface area contributed by atoms with E-state index in [4.69, 9.17) is 4.42 Å². The van der Waals surface area contributed by atoms with Gasteiger partial charge in [-0.2, -0.15) is 0 Å². The second kappa shape index (κ2) is 11.6. The Bertz CT molecular complexity index is 2980. The molecule has 0 amide bonds. The van der Waals surface area contributed by atoms with Crippen molar-refractivity contribution in [1.29, 1.82) is 0 Å². The van der Waals surface area contributed by atoms with E-state index in [-0.39, 0.29) is 16.7 Å². The number of furan rings is 1. The predicted molar refractivity (Wildman–Crippen MR) is 230 cm³/mol. The van der Waals surface area contributed by atoms with Gasteiger partial charge in [-0.3, -0.25) is 0 Å². The molecule has 2 nitrogen and oxygen atoms in total. The van der Waals surface area contributed by atoms with Gasteiger partial charge in [-0.25, -0.2) is 0 Å². The van der Waals surface area contributed by atoms with Crippen LogP contribution in [0.5, 0.6) is 0 Å². The van der Waals surface area contributed by atoms with Crippen molar-refractivity contribution in [3.63, 3.8) is 0 Å². The summed E-state index contributed by atoms with van der Waals surface area (Å²) >= 11 is 0. The summed E-state index contributed by atoms with van der Waals surface area (Å²) in [5, 5.41) is 4.84. The lowest BCUT2D eigenvalue weighted by Crippen LogP contribution is -2.20. The summed E-state index contributed by atoms with van der Waals surface area (Å²) in [5.41, 5.74) is 16.8. The van der Waals surface area contributed by atoms with E-state index < -0.39 is 0 Å². The highest BCUT2D eigenvalue weighted by molar-refractivity contribution is 6.12. The minimum atomic E-state index is -0.166. The molecule has 1 unspecified atom stereocenters. The zero-order chi connectivity index (χ0) is 37.1. The number of allylic oxidation sites excluding steroid dienone is 5. The minimum absolute atomic E-state index is 0.104. The Hall–Kier alpha value is -6.38. The first-order chi connectivity index (χ1) is 26.8. The summed E-state index contributed by atoms with van der Waals surface area (Å²) in [6.07, 6.45) is 9.41. The summed E-state index contributed by atoms with van der Waals surface area (Å²) in [6.45, 7) is 9.45. The van der Waals surface area contributed by atoms with Crippen LogP contribution in [-0.4, -0.2) is 0 Å². The second-order valence-electron chi connectivity index (χ2n) is 16.5. The molecule has 0 aliphatic heterocycles. The number of hydrogen-bond acceptors (Lipinski definition) is 2. The predicted octanol–water partition coefficient (Wildman–Crippen LogP) is 14.3. The highest BCUT2D eigenvalue weighted by Gasteiger charge is 2.42. The molecule has 0 N–H and O–H groups in total. The van der Waals surface area contributed by atoms with Gasteiger partial charge in [-0.1, -0.05) is 155 Å². The number of anilines is 2. The molecular formula is C53H41NO. The molecule has 0 saturated carbocycles. The molecule has 1 aromatic heterocycles. The van der Waals surface area contributed by atoms with Crippen molar-refractivity contribution >= 4 is 44.1 Å². The van der Waals surface area contributed by atoms with Crippen molar-refractivity contribution < 1.29 is 4.42 Å². The molecule has 0 radical (unpaired) electrons. The highest BCUT2D eigenvalue weighted by atomic mass is 16.3. The number of hydrogen-bond donors (Lipinski definition) is 0. The van der Waals surface area contributed by atoms with Crippen molar-refractivity contribution in [2.75, 3.05) is 4.90 Å². The third-order valence-corrected chi connectivity index (χ3v) is 12.8. The van der Waals surface area contributed by atoms with E-state index >= 15 is 0 Å². The summed E-state index contributed by atoms with van der Waals surface area (Å²) in [4.78, 5) is 2.45. The van der Waals surface area contributed by atoms with Crippen LogP contribution in [0.2, 0.25) is 0 Å². The zero-order valence-corrected chi connectivity index (χ0v) is 31.6. The highest BCUT2D eigenvalue weighted by Crippen LogP contribution is 2.55. The molecule has 7 aromatic carbocycles. The molecule has 1 heterocycles. The maximum atomic E-state index is 6.71. The molecule has 3 aliphatic carbocycles. The van der Waals surface area contributed by atoms with Crippen molar-refractivity contribution in [3.05, 3.63) is 203 Å². The van der Waals surface area contributed by atoms with E-state index in [0.29, 0.717) is 0 Å². The molecule has 0 fully saturated rings. The topological polar surface area (TPSA) is 16.4 Å². The molecule has 0 spiro atoms. The van der Waals surface area contributed by atoms with Gasteiger partial charge in [0.1, 0.15) is 11.2 Å². The van der Waals surface area contributed by atoms with Crippen molar-refractivity contribution in [2.24, 2.45) is 0 Å². The van der Waals surface area contributed by atoms with Crippen molar-refractivity contribution in [3.8, 4) is 22.3 Å². The van der Waals surface area contributed by atoms with E-state index in [0.717, 1.165) is 33.6 Å². The quantitative estimate of drug-likeness (QED) is 0.181. The third kappa shape index (κ3) is 4.61. The Morgan fingerprint density at radius 1 is 0.564 bits per heavy atom. The largest absolute Gasteiger partial charge is 0.455 e. The molecule has 8 aromatic rings. The molecule has 0 saturated heterocycles. The van der Waals surface area contributed by atoms with Gasteiger partial charge in [0.2, 0.25) is 0 Å². The Kier molecular flexibility index (Phi) is 6.74. The minimum Gasteiger partial charge on any atom is -0.455 e. The number of para-hydroxylation sites is 1. The Morgan fingerprint density at radius 2 is 1.29 bits per heavy atom. The smallest absolute Gasteiger partial charge is 0.143 e. The van der Waals surface area contributed by atoms with Crippen molar-refractivity contribution in [2.45, 2.75) is 44.4 Å². The molecular weight excluding hydrogens is 667 g/mol. The fraction of sp³-hybridized carbons (Fsp3) is 0.132. The van der Waals surface area contributed by atoms with Crippen LogP contribution in [0.4, 0.5) is 11.4 Å². The molecule has 1 atom stereocenters. The molecule has 2 heteroatoms. The standard InChI is InChI=1S/C53H41NO/c1-52(2)46-29-27-37(31-44(46)50-47(52)30-28-43-42-18-8-10-22-49(42)55-51(43)50)54(35-25-23-34(24-26-35)39-19-11-14-33-13-5-6-16-38(33)39)36-15-12-20-41-40-17-7-9-21-45(40)53(3,4)48(41)32-36/h5-32,41H,1-4H3. The fourth-order valence-electron chi connectivity index (χ4n) is 10.00. The van der Waals surface area contributed by atoms with Crippen LogP contribution >= 0.6 is 0 Å². The maximum Gasteiger partial charge on any atom is 0.143 e. The molecule has 3 aliphatic rings. The van der Waals surface area contributed by atoms with E-state index in [2.05, 4.69) is 202 Å². The number of nitrogens with zero attached hydrogens (tertiary/aromatic N) is 1. The lowest BCUT2D eigenvalue weighted by atomic mass is 9.80. The van der Waals surface area contributed by atoms with Crippen LogP contribution in [0.3, 0.4) is 0 Å². The van der Waals surface area contributed by atoms with Gasteiger partial charge < -0.3 is 9.32 Å². The second-order valence-corrected chi connectivity index (χ2v) is 16.5. The summed E-state index contributed by atoms with van der Waals surface area (Å²) in [6, 6.07) is 53.4. The number of benzene rings is 7. The number of fused-ring (bicyclic) bond motifs is 11. The van der Waals surface area contributed by atoms with Crippen LogP contribution in [-0.2, 0) is 10.8 Å². The summed E-state index contributed by atoms with van der Waals surface area (Å²) in [5.74, 6) is 0.240. The SMILES string of the molecule is CC1(C)C2=CC(N(c3ccc(-c4cccc5ccccc45)cc3)c3ccc4c(c3)-c3c(ccc5c3oc3ccccc35)C4(C)C)=CC=CC2c2ccccc21. The Labute approximate surface area is 322 Å². The van der Waals surface area contributed by atoms with E-state index in [1.807, 2.05) is 0 Å². The van der Waals surface area contributed by atoms with Crippen LogP contribution in [0.15, 0.2) is 186 Å². The molecule has 55 heavy (non-hydrogen) atoms. The van der Waals surface area contributed by atoms with Gasteiger partial charge in [0.25, 0.3) is 0 Å². The molecule has 264 valence electrons. The van der Waals surface area contributed by atoms with Crippen LogP contribution in [0.25, 0.3) is 55.0 Å². The lowest BCUT2D eigenvalue weighted by Gasteiger charge is -2.30. The van der Waals surface area contributed by atoms with Gasteiger partial charge in [-0.05, 0) is 97.8 Å². The maximum absolute atomic E-state index is 6.71. The molecule has 0 bridgehead atoms. The monoisotopic (exact) mass is 707 g/mol. The van der Waals surface area contributed by atoms with Gasteiger partial charge in [-0.15, -0.1) is 0 Å². The first-order valence-electron chi connectivity index (χ1n) is 19.5. The fourth-order valence-corrected chi connectivity index (χ4v) is 10.00. The summed E-state index contributed by atoms with van der Waals surface area (Å²) in [7, 11) is 0. The Morgan fingerprint density at radius 3 is 2.16 bits per heavy atom. The average molecular weight is 708 g/mol. The molecule has 11 rings (SSSR count). The lowest BCUT2D eigenvalue weighted by molar-refractivity contribution is 0.634. The first kappa shape index (κ1) is 32.1. The van der Waals surface area contributed by atoms with Gasteiger partial charge in [0.15, 0.2) is 0 Å². The summed E-state index contributed by atoms with van der Waals surface area (Å²) < 4.78 is 6.71. The zero-order valence-electron chi connectivity index (χ0n) is 31.6. The third-order valence-electron chi connectivity index (χ3n) is 12.8. The Balaban J connectivity index is 1.11. The van der Waals surface area contributed by atoms with E-state index in [1.165, 1.54) is 66.2 Å². The average Bonchev–Trinajstić information content (AvgIpc) is 3.68. The normalized spacial score (nSPS) is 17.3. The van der Waals surface area contributed by atoms with E-state index in [1.54, 1.807) is 0 Å². The van der Waals surface area contributed by atoms with Crippen LogP contribution in [0.1, 0.15) is 55.9 Å². The van der Waals surface area contributed by atoms with Crippen LogP contribution in [0, 0.1) is 0 Å². The van der Waals surface area contributed by atoms with E-state index in [9.17, 15) is 0 Å².